The second-order valence-electron chi connectivity index (χ2n) is 7.74. The summed E-state index contributed by atoms with van der Waals surface area (Å²) in [6.07, 6.45) is 2.97. The van der Waals surface area contributed by atoms with E-state index >= 15 is 0 Å². The van der Waals surface area contributed by atoms with E-state index < -0.39 is 0 Å². The fourth-order valence-electron chi connectivity index (χ4n) is 4.14. The number of para-hydroxylation sites is 1. The molecule has 8 heteroatoms. The Balaban J connectivity index is 1.14. The zero-order valence-corrected chi connectivity index (χ0v) is 17.0. The summed E-state index contributed by atoms with van der Waals surface area (Å²) in [5, 5.41) is 6.97. The van der Waals surface area contributed by atoms with Gasteiger partial charge >= 0.3 is 6.03 Å². The first-order valence-electron chi connectivity index (χ1n) is 10.5. The van der Waals surface area contributed by atoms with Gasteiger partial charge in [-0.3, -0.25) is 4.79 Å². The van der Waals surface area contributed by atoms with Gasteiger partial charge in [0.1, 0.15) is 13.2 Å². The molecule has 1 saturated heterocycles. The van der Waals surface area contributed by atoms with E-state index in [1.165, 1.54) is 5.39 Å². The number of carbonyl (C=O) groups is 2. The molecule has 2 aromatic carbocycles. The normalized spacial score (nSPS) is 17.7. The molecule has 1 aromatic heterocycles. The molecule has 0 saturated carbocycles. The molecule has 31 heavy (non-hydrogen) atoms. The van der Waals surface area contributed by atoms with Crippen LogP contribution in [0.1, 0.15) is 12.0 Å². The van der Waals surface area contributed by atoms with Gasteiger partial charge in [-0.15, -0.1) is 0 Å². The number of aromatic nitrogens is 1. The highest BCUT2D eigenvalue weighted by Gasteiger charge is 2.32. The van der Waals surface area contributed by atoms with Gasteiger partial charge in [-0.25, -0.2) is 4.79 Å². The fourth-order valence-corrected chi connectivity index (χ4v) is 4.14. The predicted octanol–water partition coefficient (Wildman–Crippen LogP) is 2.59. The predicted molar refractivity (Wildman–Crippen MR) is 117 cm³/mol. The summed E-state index contributed by atoms with van der Waals surface area (Å²) >= 11 is 0. The average molecular weight is 420 g/mol. The molecule has 3 N–H and O–H groups in total. The third-order valence-electron chi connectivity index (χ3n) is 5.65. The number of nitrogens with one attached hydrogen (secondary N) is 3. The lowest BCUT2D eigenvalue weighted by Gasteiger charge is -2.22. The van der Waals surface area contributed by atoms with E-state index in [1.54, 1.807) is 4.90 Å². The first kappa shape index (κ1) is 19.3. The molecule has 8 nitrogen and oxygen atoms in total. The van der Waals surface area contributed by atoms with Crippen molar-refractivity contribution in [3.63, 3.8) is 0 Å². The molecule has 1 fully saturated rings. The SMILES string of the molecule is O=C(NCCc1c[nH]c2ccccc12)NC1CC(=O)N(c2ccc3c(c2)OCCO3)C1. The number of fused-ring (bicyclic) bond motifs is 2. The number of hydrogen-bond acceptors (Lipinski definition) is 4. The van der Waals surface area contributed by atoms with Gasteiger partial charge in [-0.1, -0.05) is 18.2 Å². The van der Waals surface area contributed by atoms with Gasteiger partial charge < -0.3 is 30.0 Å². The van der Waals surface area contributed by atoms with Crippen LogP contribution in [0.2, 0.25) is 0 Å². The lowest BCUT2D eigenvalue weighted by atomic mass is 10.1. The maximum absolute atomic E-state index is 12.5. The van der Waals surface area contributed by atoms with Crippen LogP contribution in [0.3, 0.4) is 0 Å². The summed E-state index contributed by atoms with van der Waals surface area (Å²) < 4.78 is 11.1. The number of carbonyl (C=O) groups excluding carboxylic acids is 2. The Bertz CT molecular complexity index is 1130. The van der Waals surface area contributed by atoms with Crippen LogP contribution in [0.15, 0.2) is 48.7 Å². The molecule has 2 aliphatic heterocycles. The van der Waals surface area contributed by atoms with Gasteiger partial charge in [-0.2, -0.15) is 0 Å². The van der Waals surface area contributed by atoms with Crippen LogP contribution in [-0.4, -0.2) is 49.3 Å². The molecule has 0 radical (unpaired) electrons. The van der Waals surface area contributed by atoms with Crippen molar-refractivity contribution in [2.45, 2.75) is 18.9 Å². The molecule has 0 aliphatic carbocycles. The molecule has 3 aromatic rings. The largest absolute Gasteiger partial charge is 0.486 e. The molecule has 3 heterocycles. The van der Waals surface area contributed by atoms with Gasteiger partial charge in [0.25, 0.3) is 0 Å². The van der Waals surface area contributed by atoms with Crippen molar-refractivity contribution in [3.8, 4) is 11.5 Å². The van der Waals surface area contributed by atoms with Crippen molar-refractivity contribution in [2.24, 2.45) is 0 Å². The number of H-pyrrole nitrogens is 1. The summed E-state index contributed by atoms with van der Waals surface area (Å²) in [6, 6.07) is 13.1. The highest BCUT2D eigenvalue weighted by atomic mass is 16.6. The molecule has 1 unspecified atom stereocenters. The van der Waals surface area contributed by atoms with Crippen LogP contribution in [0, 0.1) is 0 Å². The molecule has 3 amide bonds. The Morgan fingerprint density at radius 3 is 2.87 bits per heavy atom. The lowest BCUT2D eigenvalue weighted by Crippen LogP contribution is -2.43. The number of nitrogens with zero attached hydrogens (tertiary/aromatic N) is 1. The second kappa shape index (κ2) is 8.22. The highest BCUT2D eigenvalue weighted by molar-refractivity contribution is 5.97. The molecule has 160 valence electrons. The van der Waals surface area contributed by atoms with Crippen molar-refractivity contribution in [2.75, 3.05) is 31.2 Å². The Kier molecular flexibility index (Phi) is 5.11. The number of hydrogen-bond donors (Lipinski definition) is 3. The van der Waals surface area contributed by atoms with Gasteiger partial charge in [0, 0.05) is 48.4 Å². The van der Waals surface area contributed by atoms with E-state index in [-0.39, 0.29) is 24.4 Å². The van der Waals surface area contributed by atoms with Crippen LogP contribution >= 0.6 is 0 Å². The zero-order valence-electron chi connectivity index (χ0n) is 17.0. The fraction of sp³-hybridized carbons (Fsp3) is 0.304. The number of aromatic amines is 1. The first-order chi connectivity index (χ1) is 15.2. The van der Waals surface area contributed by atoms with E-state index in [0.29, 0.717) is 37.8 Å². The standard InChI is InChI=1S/C23H24N4O4/c28-22-11-16(14-27(22)17-5-6-20-21(12-17)31-10-9-30-20)26-23(29)24-8-7-15-13-25-19-4-2-1-3-18(15)19/h1-6,12-13,16,25H,7-11,14H2,(H2,24,26,29). The Hall–Kier alpha value is -3.68. The van der Waals surface area contributed by atoms with Gasteiger partial charge in [0.2, 0.25) is 5.91 Å². The monoisotopic (exact) mass is 420 g/mol. The van der Waals surface area contributed by atoms with Gasteiger partial charge in [0.05, 0.1) is 6.04 Å². The second-order valence-corrected chi connectivity index (χ2v) is 7.74. The van der Waals surface area contributed by atoms with Crippen LogP contribution in [0.5, 0.6) is 11.5 Å². The number of amides is 3. The maximum atomic E-state index is 12.5. The topological polar surface area (TPSA) is 95.7 Å². The van der Waals surface area contributed by atoms with E-state index in [2.05, 4.69) is 21.7 Å². The van der Waals surface area contributed by atoms with Crippen LogP contribution in [-0.2, 0) is 11.2 Å². The number of rotatable bonds is 5. The smallest absolute Gasteiger partial charge is 0.315 e. The quantitative estimate of drug-likeness (QED) is 0.591. The van der Waals surface area contributed by atoms with Crippen molar-refractivity contribution < 1.29 is 19.1 Å². The Morgan fingerprint density at radius 2 is 1.97 bits per heavy atom. The number of anilines is 1. The van der Waals surface area contributed by atoms with Gasteiger partial charge in [-0.05, 0) is 30.2 Å². The Morgan fingerprint density at radius 1 is 1.13 bits per heavy atom. The minimum Gasteiger partial charge on any atom is -0.486 e. The lowest BCUT2D eigenvalue weighted by molar-refractivity contribution is -0.117. The van der Waals surface area contributed by atoms with Crippen LogP contribution in [0.4, 0.5) is 10.5 Å². The summed E-state index contributed by atoms with van der Waals surface area (Å²) in [4.78, 5) is 29.8. The first-order valence-corrected chi connectivity index (χ1v) is 10.5. The van der Waals surface area contributed by atoms with Crippen molar-refractivity contribution >= 4 is 28.5 Å². The van der Waals surface area contributed by atoms with Crippen molar-refractivity contribution in [1.82, 2.24) is 15.6 Å². The minimum atomic E-state index is -0.262. The van der Waals surface area contributed by atoms with E-state index in [4.69, 9.17) is 9.47 Å². The van der Waals surface area contributed by atoms with Crippen LogP contribution in [0.25, 0.3) is 10.9 Å². The third kappa shape index (κ3) is 4.01. The summed E-state index contributed by atoms with van der Waals surface area (Å²) in [5.74, 6) is 1.30. The Labute approximate surface area is 179 Å². The minimum absolute atomic E-state index is 0.0271. The van der Waals surface area contributed by atoms with Crippen LogP contribution < -0.4 is 25.0 Å². The molecule has 1 atom stereocenters. The van der Waals surface area contributed by atoms with Crippen molar-refractivity contribution in [3.05, 3.63) is 54.2 Å². The molecule has 5 rings (SSSR count). The average Bonchev–Trinajstić information content (AvgIpc) is 3.36. The molecule has 0 spiro atoms. The number of urea groups is 1. The van der Waals surface area contributed by atoms with Gasteiger partial charge in [0.15, 0.2) is 11.5 Å². The zero-order chi connectivity index (χ0) is 21.2. The van der Waals surface area contributed by atoms with E-state index in [0.717, 1.165) is 23.2 Å². The summed E-state index contributed by atoms with van der Waals surface area (Å²) in [5.41, 5.74) is 3.00. The third-order valence-corrected chi connectivity index (χ3v) is 5.65. The van der Waals surface area contributed by atoms with Crippen molar-refractivity contribution in [1.29, 1.82) is 0 Å². The molecule has 0 bridgehead atoms. The van der Waals surface area contributed by atoms with E-state index in [1.807, 2.05) is 42.6 Å². The molecule has 2 aliphatic rings. The summed E-state index contributed by atoms with van der Waals surface area (Å²) in [7, 11) is 0. The number of ether oxygens (including phenoxy) is 2. The molecular formula is C23H24N4O4. The summed E-state index contributed by atoms with van der Waals surface area (Å²) in [6.45, 7) is 1.96. The number of benzene rings is 2. The van der Waals surface area contributed by atoms with E-state index in [9.17, 15) is 9.59 Å². The maximum Gasteiger partial charge on any atom is 0.315 e. The molecular weight excluding hydrogens is 396 g/mol. The highest BCUT2D eigenvalue weighted by Crippen LogP contribution is 2.35.